The van der Waals surface area contributed by atoms with E-state index < -0.39 is 26.6 Å². The lowest BCUT2D eigenvalue weighted by Gasteiger charge is -2.19. The highest BCUT2D eigenvalue weighted by Crippen LogP contribution is 2.24. The number of benzene rings is 2. The zero-order chi connectivity index (χ0) is 16.2. The van der Waals surface area contributed by atoms with Gasteiger partial charge in [-0.15, -0.1) is 0 Å². The second-order valence-corrected chi connectivity index (χ2v) is 6.41. The fourth-order valence-electron chi connectivity index (χ4n) is 1.71. The number of carbonyl (C=O) groups excluding carboxylic acids is 1. The SMILES string of the molecule is O=C(N=S(=O)=O)N(c1ccccc1)S(=O)(=O)c1ccccc1. The zero-order valence-corrected chi connectivity index (χ0v) is 12.7. The molecule has 2 amide bonds. The van der Waals surface area contributed by atoms with E-state index in [0.29, 0.717) is 4.31 Å². The van der Waals surface area contributed by atoms with Crippen LogP contribution in [0.2, 0.25) is 0 Å². The predicted octanol–water partition coefficient (Wildman–Crippen LogP) is 2.06. The third kappa shape index (κ3) is 3.38. The van der Waals surface area contributed by atoms with Crippen LogP contribution >= 0.6 is 0 Å². The van der Waals surface area contributed by atoms with Crippen molar-refractivity contribution in [3.63, 3.8) is 0 Å². The number of hydrogen-bond donors (Lipinski definition) is 0. The molecule has 0 radical (unpaired) electrons. The number of nitrogens with zero attached hydrogens (tertiary/aromatic N) is 2. The van der Waals surface area contributed by atoms with Crippen LogP contribution in [0.3, 0.4) is 0 Å². The zero-order valence-electron chi connectivity index (χ0n) is 11.0. The summed E-state index contributed by atoms with van der Waals surface area (Å²) in [5.74, 6) is 0. The van der Waals surface area contributed by atoms with E-state index >= 15 is 0 Å². The Labute approximate surface area is 128 Å². The molecule has 7 nitrogen and oxygen atoms in total. The van der Waals surface area contributed by atoms with Gasteiger partial charge in [-0.25, -0.2) is 13.2 Å². The van der Waals surface area contributed by atoms with Crippen molar-refractivity contribution in [1.29, 1.82) is 0 Å². The van der Waals surface area contributed by atoms with Gasteiger partial charge in [-0.05, 0) is 24.3 Å². The molecule has 0 saturated heterocycles. The monoisotopic (exact) mass is 338 g/mol. The van der Waals surface area contributed by atoms with Crippen LogP contribution in [0.5, 0.6) is 0 Å². The fourth-order valence-corrected chi connectivity index (χ4v) is 3.33. The Bertz CT molecular complexity index is 899. The van der Waals surface area contributed by atoms with Gasteiger partial charge in [0, 0.05) is 0 Å². The average Bonchev–Trinajstić information content (AvgIpc) is 2.48. The summed E-state index contributed by atoms with van der Waals surface area (Å²) >= 11 is 0. The Hall–Kier alpha value is -2.52. The maximum Gasteiger partial charge on any atom is 0.377 e. The number of carbonyl (C=O) groups is 1. The minimum Gasteiger partial charge on any atom is -0.243 e. The van der Waals surface area contributed by atoms with Gasteiger partial charge < -0.3 is 0 Å². The molecule has 9 heteroatoms. The number of rotatable bonds is 3. The second kappa shape index (κ2) is 6.50. The van der Waals surface area contributed by atoms with E-state index in [1.165, 1.54) is 48.5 Å². The lowest BCUT2D eigenvalue weighted by molar-refractivity contribution is 0.257. The summed E-state index contributed by atoms with van der Waals surface area (Å²) in [5, 5.41) is 0. The number of amides is 2. The van der Waals surface area contributed by atoms with Crippen LogP contribution in [0.15, 0.2) is 69.9 Å². The summed E-state index contributed by atoms with van der Waals surface area (Å²) < 4.78 is 49.5. The molecule has 0 aromatic heterocycles. The third-order valence-electron chi connectivity index (χ3n) is 2.60. The molecule has 2 aromatic carbocycles. The molecule has 0 bridgehead atoms. The Balaban J connectivity index is 2.64. The maximum absolute atomic E-state index is 12.6. The van der Waals surface area contributed by atoms with Crippen LogP contribution in [0.4, 0.5) is 10.5 Å². The molecule has 0 unspecified atom stereocenters. The van der Waals surface area contributed by atoms with Crippen LogP contribution in [-0.4, -0.2) is 22.9 Å². The molecular weight excluding hydrogens is 328 g/mol. The van der Waals surface area contributed by atoms with Crippen molar-refractivity contribution in [1.82, 2.24) is 0 Å². The summed E-state index contributed by atoms with van der Waals surface area (Å²) in [4.78, 5) is 11.8. The smallest absolute Gasteiger partial charge is 0.243 e. The van der Waals surface area contributed by atoms with Crippen molar-refractivity contribution < 1.29 is 21.6 Å². The summed E-state index contributed by atoms with van der Waals surface area (Å²) in [6, 6.07) is 13.2. The number of hydrogen-bond acceptors (Lipinski definition) is 5. The van der Waals surface area contributed by atoms with Gasteiger partial charge in [0.05, 0.1) is 10.6 Å². The van der Waals surface area contributed by atoms with Gasteiger partial charge in [-0.2, -0.15) is 12.7 Å². The molecule has 2 rings (SSSR count). The highest BCUT2D eigenvalue weighted by atomic mass is 32.2. The normalized spacial score (nSPS) is 10.7. The summed E-state index contributed by atoms with van der Waals surface area (Å²) in [6.07, 6.45) is 0. The molecule has 0 atom stereocenters. The Morgan fingerprint density at radius 1 is 0.909 bits per heavy atom. The highest BCUT2D eigenvalue weighted by molar-refractivity contribution is 7.93. The summed E-state index contributed by atoms with van der Waals surface area (Å²) in [7, 11) is -7.34. The molecule has 0 aliphatic rings. The molecular formula is C13H10N2O5S2. The lowest BCUT2D eigenvalue weighted by Crippen LogP contribution is -2.34. The highest BCUT2D eigenvalue weighted by Gasteiger charge is 2.31. The first-order valence-electron chi connectivity index (χ1n) is 5.93. The van der Waals surface area contributed by atoms with Gasteiger partial charge >= 0.3 is 16.5 Å². The predicted molar refractivity (Wildman–Crippen MR) is 79.3 cm³/mol. The van der Waals surface area contributed by atoms with Crippen LogP contribution in [0, 0.1) is 0 Å². The van der Waals surface area contributed by atoms with Gasteiger partial charge in [-0.1, -0.05) is 40.8 Å². The van der Waals surface area contributed by atoms with Gasteiger partial charge in [0.15, 0.2) is 0 Å². The molecule has 0 heterocycles. The van der Waals surface area contributed by atoms with Crippen molar-refractivity contribution >= 4 is 32.2 Å². The number of sulfonamides is 1. The second-order valence-electron chi connectivity index (χ2n) is 4.01. The van der Waals surface area contributed by atoms with Crippen LogP contribution < -0.4 is 4.31 Å². The average molecular weight is 338 g/mol. The first-order chi connectivity index (χ1) is 10.4. The minimum atomic E-state index is -4.28. The van der Waals surface area contributed by atoms with E-state index in [0.717, 1.165) is 0 Å². The molecule has 0 aliphatic heterocycles. The van der Waals surface area contributed by atoms with E-state index in [1.807, 2.05) is 0 Å². The largest absolute Gasteiger partial charge is 0.377 e. The molecule has 0 spiro atoms. The third-order valence-corrected chi connectivity index (χ3v) is 4.62. The Morgan fingerprint density at radius 3 is 1.91 bits per heavy atom. The molecule has 114 valence electrons. The van der Waals surface area contributed by atoms with Crippen LogP contribution in [0.25, 0.3) is 0 Å². The minimum absolute atomic E-state index is 0.00875. The van der Waals surface area contributed by atoms with Crippen molar-refractivity contribution in [2.75, 3.05) is 4.31 Å². The van der Waals surface area contributed by atoms with Crippen LogP contribution in [0.1, 0.15) is 0 Å². The maximum atomic E-state index is 12.6. The summed E-state index contributed by atoms with van der Waals surface area (Å²) in [6.45, 7) is 0. The van der Waals surface area contributed by atoms with Gasteiger partial charge in [0.1, 0.15) is 0 Å². The molecule has 0 fully saturated rings. The standard InChI is InChI=1S/C13H10N2O5S2/c16-13(14-21(17)18)15(11-7-3-1-4-8-11)22(19,20)12-9-5-2-6-10-12/h1-10H. The van der Waals surface area contributed by atoms with Gasteiger partial charge in [-0.3, -0.25) is 0 Å². The quantitative estimate of drug-likeness (QED) is 0.852. The first kappa shape index (κ1) is 15.9. The Morgan fingerprint density at radius 2 is 1.41 bits per heavy atom. The van der Waals surface area contributed by atoms with E-state index in [2.05, 4.69) is 4.36 Å². The van der Waals surface area contributed by atoms with Gasteiger partial charge in [0.2, 0.25) is 0 Å². The van der Waals surface area contributed by atoms with Crippen molar-refractivity contribution in [3.8, 4) is 0 Å². The Kier molecular flexibility index (Phi) is 4.68. The van der Waals surface area contributed by atoms with E-state index in [-0.39, 0.29) is 10.6 Å². The number of urea groups is 1. The number of para-hydroxylation sites is 1. The summed E-state index contributed by atoms with van der Waals surface area (Å²) in [5.41, 5.74) is -0.00875. The topological polar surface area (TPSA) is 101 Å². The molecule has 22 heavy (non-hydrogen) atoms. The van der Waals surface area contributed by atoms with E-state index in [1.54, 1.807) is 12.1 Å². The van der Waals surface area contributed by atoms with Crippen molar-refractivity contribution in [2.45, 2.75) is 4.90 Å². The molecule has 2 aromatic rings. The van der Waals surface area contributed by atoms with E-state index in [9.17, 15) is 21.6 Å². The molecule has 0 aliphatic carbocycles. The fraction of sp³-hybridized carbons (Fsp3) is 0. The number of anilines is 1. The lowest BCUT2D eigenvalue weighted by atomic mass is 10.3. The van der Waals surface area contributed by atoms with E-state index in [4.69, 9.17) is 0 Å². The molecule has 0 N–H and O–H groups in total. The van der Waals surface area contributed by atoms with Crippen molar-refractivity contribution in [2.24, 2.45) is 4.36 Å². The molecule has 0 saturated carbocycles. The van der Waals surface area contributed by atoms with Crippen LogP contribution in [-0.2, 0) is 20.5 Å². The van der Waals surface area contributed by atoms with Gasteiger partial charge in [0.25, 0.3) is 10.0 Å². The van der Waals surface area contributed by atoms with Crippen molar-refractivity contribution in [3.05, 3.63) is 60.7 Å². The first-order valence-corrected chi connectivity index (χ1v) is 8.40.